The highest BCUT2D eigenvalue weighted by atomic mass is 32.1. The minimum absolute atomic E-state index is 0.0660. The second-order valence-electron chi connectivity index (χ2n) is 6.21. The SMILES string of the molecule is C[C@H](NC(=O)CCc1nc(-c2cccs2)no1)c1ccc(-n2cncn2)cc1. The third-order valence-electron chi connectivity index (χ3n) is 4.23. The van der Waals surface area contributed by atoms with Gasteiger partial charge >= 0.3 is 0 Å². The highest BCUT2D eigenvalue weighted by molar-refractivity contribution is 7.13. The molecule has 0 aliphatic heterocycles. The van der Waals surface area contributed by atoms with Gasteiger partial charge in [0, 0.05) is 12.8 Å². The number of carbonyl (C=O) groups excluding carboxylic acids is 1. The Kier molecular flexibility index (Phi) is 5.24. The third-order valence-corrected chi connectivity index (χ3v) is 5.10. The van der Waals surface area contributed by atoms with E-state index in [0.29, 0.717) is 18.1 Å². The lowest BCUT2D eigenvalue weighted by Gasteiger charge is -2.14. The van der Waals surface area contributed by atoms with Crippen LogP contribution in [0.1, 0.15) is 30.8 Å². The molecule has 0 spiro atoms. The maximum atomic E-state index is 12.3. The highest BCUT2D eigenvalue weighted by Crippen LogP contribution is 2.21. The number of hydrogen-bond acceptors (Lipinski definition) is 7. The Bertz CT molecular complexity index is 1030. The van der Waals surface area contributed by atoms with Crippen molar-refractivity contribution in [2.75, 3.05) is 0 Å². The number of nitrogens with one attached hydrogen (secondary N) is 1. The van der Waals surface area contributed by atoms with Crippen LogP contribution in [0.4, 0.5) is 0 Å². The predicted molar refractivity (Wildman–Crippen MR) is 104 cm³/mol. The van der Waals surface area contributed by atoms with Crippen molar-refractivity contribution >= 4 is 17.2 Å². The molecule has 1 atom stereocenters. The molecule has 0 saturated heterocycles. The molecule has 0 unspecified atom stereocenters. The lowest BCUT2D eigenvalue weighted by atomic mass is 10.1. The largest absolute Gasteiger partial charge is 0.350 e. The molecule has 3 aromatic heterocycles. The van der Waals surface area contributed by atoms with Gasteiger partial charge in [-0.05, 0) is 36.1 Å². The van der Waals surface area contributed by atoms with Crippen LogP contribution in [0.15, 0.2) is 59.0 Å². The molecule has 9 heteroatoms. The molecule has 1 N–H and O–H groups in total. The highest BCUT2D eigenvalue weighted by Gasteiger charge is 2.13. The summed E-state index contributed by atoms with van der Waals surface area (Å²) in [5, 5.41) is 13.0. The number of aromatic nitrogens is 5. The number of rotatable bonds is 7. The van der Waals surface area contributed by atoms with Gasteiger partial charge in [0.05, 0.1) is 16.6 Å². The Morgan fingerprint density at radius 3 is 2.86 bits per heavy atom. The van der Waals surface area contributed by atoms with Gasteiger partial charge in [0.15, 0.2) is 0 Å². The lowest BCUT2D eigenvalue weighted by molar-refractivity contribution is -0.121. The van der Waals surface area contributed by atoms with Gasteiger partial charge in [0.2, 0.25) is 17.6 Å². The fourth-order valence-corrected chi connectivity index (χ4v) is 3.39. The molecule has 1 amide bonds. The molecule has 4 rings (SSSR count). The van der Waals surface area contributed by atoms with Crippen molar-refractivity contribution in [3.63, 3.8) is 0 Å². The van der Waals surface area contributed by atoms with Crippen LogP contribution in [0.25, 0.3) is 16.4 Å². The molecule has 0 saturated carbocycles. The molecule has 8 nitrogen and oxygen atoms in total. The zero-order valence-corrected chi connectivity index (χ0v) is 16.0. The monoisotopic (exact) mass is 394 g/mol. The molecule has 142 valence electrons. The summed E-state index contributed by atoms with van der Waals surface area (Å²) in [5.74, 6) is 0.957. The topological polar surface area (TPSA) is 98.7 Å². The summed E-state index contributed by atoms with van der Waals surface area (Å²) >= 11 is 1.55. The molecule has 0 radical (unpaired) electrons. The Balaban J connectivity index is 1.30. The van der Waals surface area contributed by atoms with E-state index in [2.05, 4.69) is 25.5 Å². The minimum Gasteiger partial charge on any atom is -0.350 e. The molecule has 3 heterocycles. The van der Waals surface area contributed by atoms with Crippen LogP contribution in [0.5, 0.6) is 0 Å². The lowest BCUT2D eigenvalue weighted by Crippen LogP contribution is -2.26. The summed E-state index contributed by atoms with van der Waals surface area (Å²) in [6.45, 7) is 1.95. The van der Waals surface area contributed by atoms with Crippen LogP contribution in [0.2, 0.25) is 0 Å². The molecule has 0 aliphatic rings. The summed E-state index contributed by atoms with van der Waals surface area (Å²) in [6.07, 6.45) is 3.82. The van der Waals surface area contributed by atoms with Gasteiger partial charge in [0.1, 0.15) is 12.7 Å². The quantitative estimate of drug-likeness (QED) is 0.517. The second kappa shape index (κ2) is 8.13. The van der Waals surface area contributed by atoms with Crippen LogP contribution in [0.3, 0.4) is 0 Å². The van der Waals surface area contributed by atoms with E-state index in [1.54, 1.807) is 22.3 Å². The number of carbonyl (C=O) groups is 1. The summed E-state index contributed by atoms with van der Waals surface area (Å²) in [7, 11) is 0. The van der Waals surface area contributed by atoms with Gasteiger partial charge in [-0.15, -0.1) is 11.3 Å². The van der Waals surface area contributed by atoms with Crippen molar-refractivity contribution < 1.29 is 9.32 Å². The number of hydrogen-bond donors (Lipinski definition) is 1. The predicted octanol–water partition coefficient (Wildman–Crippen LogP) is 3.19. The van der Waals surface area contributed by atoms with Gasteiger partial charge in [-0.3, -0.25) is 4.79 Å². The number of aryl methyl sites for hydroxylation is 1. The Hall–Kier alpha value is -3.33. The summed E-state index contributed by atoms with van der Waals surface area (Å²) < 4.78 is 6.91. The fraction of sp³-hybridized carbons (Fsp3) is 0.211. The Morgan fingerprint density at radius 1 is 1.29 bits per heavy atom. The molecular formula is C19H18N6O2S. The molecule has 4 aromatic rings. The maximum Gasteiger partial charge on any atom is 0.227 e. The average molecular weight is 394 g/mol. The van der Waals surface area contributed by atoms with Crippen LogP contribution >= 0.6 is 11.3 Å². The molecule has 0 bridgehead atoms. The fourth-order valence-electron chi connectivity index (χ4n) is 2.74. The van der Waals surface area contributed by atoms with Gasteiger partial charge in [-0.2, -0.15) is 10.1 Å². The van der Waals surface area contributed by atoms with Crippen molar-refractivity contribution in [1.82, 2.24) is 30.2 Å². The third kappa shape index (κ3) is 4.15. The molecule has 28 heavy (non-hydrogen) atoms. The first-order valence-corrected chi connectivity index (χ1v) is 9.68. The van der Waals surface area contributed by atoms with E-state index >= 15 is 0 Å². The van der Waals surface area contributed by atoms with Gasteiger partial charge < -0.3 is 9.84 Å². The van der Waals surface area contributed by atoms with Crippen LogP contribution < -0.4 is 5.32 Å². The van der Waals surface area contributed by atoms with Crippen molar-refractivity contribution in [3.05, 3.63) is 65.9 Å². The van der Waals surface area contributed by atoms with Crippen LogP contribution in [-0.2, 0) is 11.2 Å². The molecular weight excluding hydrogens is 376 g/mol. The Morgan fingerprint density at radius 2 is 2.14 bits per heavy atom. The summed E-state index contributed by atoms with van der Waals surface area (Å²) in [5.41, 5.74) is 1.92. The van der Waals surface area contributed by atoms with Crippen LogP contribution in [-0.4, -0.2) is 30.8 Å². The zero-order valence-electron chi connectivity index (χ0n) is 15.1. The average Bonchev–Trinajstić information content (AvgIpc) is 3.49. The Labute approximate surface area is 165 Å². The number of amides is 1. The van der Waals surface area contributed by atoms with E-state index in [1.165, 1.54) is 6.33 Å². The van der Waals surface area contributed by atoms with Gasteiger partial charge in [-0.1, -0.05) is 23.4 Å². The van der Waals surface area contributed by atoms with E-state index in [1.807, 2.05) is 48.7 Å². The molecule has 1 aromatic carbocycles. The van der Waals surface area contributed by atoms with Gasteiger partial charge in [-0.25, -0.2) is 9.67 Å². The summed E-state index contributed by atoms with van der Waals surface area (Å²) in [6, 6.07) is 11.6. The first-order chi connectivity index (χ1) is 13.7. The van der Waals surface area contributed by atoms with Crippen molar-refractivity contribution in [2.45, 2.75) is 25.8 Å². The maximum absolute atomic E-state index is 12.3. The standard InChI is InChI=1S/C19H18N6O2S/c1-13(14-4-6-15(7-5-14)25-12-20-11-21-25)22-17(26)8-9-18-23-19(24-27-18)16-3-2-10-28-16/h2-7,10-13H,8-9H2,1H3,(H,22,26)/t13-/m0/s1. The first kappa shape index (κ1) is 18.1. The van der Waals surface area contributed by atoms with E-state index in [4.69, 9.17) is 4.52 Å². The van der Waals surface area contributed by atoms with E-state index in [9.17, 15) is 4.79 Å². The van der Waals surface area contributed by atoms with E-state index in [0.717, 1.165) is 16.1 Å². The minimum atomic E-state index is -0.110. The van der Waals surface area contributed by atoms with Crippen molar-refractivity contribution in [3.8, 4) is 16.4 Å². The van der Waals surface area contributed by atoms with E-state index < -0.39 is 0 Å². The van der Waals surface area contributed by atoms with E-state index in [-0.39, 0.29) is 18.4 Å². The van der Waals surface area contributed by atoms with Crippen molar-refractivity contribution in [1.29, 1.82) is 0 Å². The van der Waals surface area contributed by atoms with Gasteiger partial charge in [0.25, 0.3) is 0 Å². The first-order valence-electron chi connectivity index (χ1n) is 8.80. The number of benzene rings is 1. The van der Waals surface area contributed by atoms with Crippen molar-refractivity contribution in [2.24, 2.45) is 0 Å². The second-order valence-corrected chi connectivity index (χ2v) is 7.16. The van der Waals surface area contributed by atoms with Crippen LogP contribution in [0, 0.1) is 0 Å². The normalized spacial score (nSPS) is 12.0. The summed E-state index contributed by atoms with van der Waals surface area (Å²) in [4.78, 5) is 21.5. The number of thiophene rings is 1. The smallest absolute Gasteiger partial charge is 0.227 e. The zero-order chi connectivity index (χ0) is 19.3. The number of nitrogens with zero attached hydrogens (tertiary/aromatic N) is 5. The molecule has 0 aliphatic carbocycles. The molecule has 0 fully saturated rings.